The Morgan fingerprint density at radius 3 is 2.58 bits per heavy atom. The Labute approximate surface area is 140 Å². The van der Waals surface area contributed by atoms with Gasteiger partial charge >= 0.3 is 5.97 Å². The zero-order valence-corrected chi connectivity index (χ0v) is 13.5. The molecule has 0 saturated heterocycles. The van der Waals surface area contributed by atoms with E-state index in [4.69, 9.17) is 9.84 Å². The number of carboxylic acid groups (broad SMARTS) is 1. The Kier molecular flexibility index (Phi) is 4.75. The molecular weight excluding hydrogens is 302 g/mol. The minimum atomic E-state index is -0.924. The van der Waals surface area contributed by atoms with Gasteiger partial charge in [-0.05, 0) is 36.2 Å². The Hall–Kier alpha value is -2.88. The SMILES string of the molecule is CCCc1cc(OCc2ccc(C(=O)O)cc2)c2ccccc2n1. The number of hydrogen-bond donors (Lipinski definition) is 1. The molecule has 0 unspecified atom stereocenters. The molecule has 0 spiro atoms. The van der Waals surface area contributed by atoms with Crippen LogP contribution in [-0.2, 0) is 13.0 Å². The number of rotatable bonds is 6. The molecule has 0 aliphatic heterocycles. The highest BCUT2D eigenvalue weighted by Crippen LogP contribution is 2.26. The molecule has 0 bridgehead atoms. The third-order valence-corrected chi connectivity index (χ3v) is 3.83. The molecule has 24 heavy (non-hydrogen) atoms. The van der Waals surface area contributed by atoms with Crippen molar-refractivity contribution in [2.75, 3.05) is 0 Å². The first-order valence-electron chi connectivity index (χ1n) is 8.01. The second-order valence-corrected chi connectivity index (χ2v) is 5.67. The molecule has 3 rings (SSSR count). The van der Waals surface area contributed by atoms with Crippen molar-refractivity contribution in [3.8, 4) is 5.75 Å². The number of para-hydroxylation sites is 1. The summed E-state index contributed by atoms with van der Waals surface area (Å²) in [5, 5.41) is 9.93. The third kappa shape index (κ3) is 3.54. The van der Waals surface area contributed by atoms with E-state index in [1.165, 1.54) is 0 Å². The lowest BCUT2D eigenvalue weighted by atomic mass is 10.1. The van der Waals surface area contributed by atoms with Gasteiger partial charge in [-0.25, -0.2) is 4.79 Å². The van der Waals surface area contributed by atoms with Crippen LogP contribution in [0, 0.1) is 0 Å². The third-order valence-electron chi connectivity index (χ3n) is 3.83. The van der Waals surface area contributed by atoms with E-state index in [2.05, 4.69) is 11.9 Å². The number of pyridine rings is 1. The molecule has 3 aromatic rings. The van der Waals surface area contributed by atoms with E-state index < -0.39 is 5.97 Å². The van der Waals surface area contributed by atoms with E-state index in [1.807, 2.05) is 30.3 Å². The fourth-order valence-electron chi connectivity index (χ4n) is 2.60. The first kappa shape index (κ1) is 16.0. The molecule has 0 radical (unpaired) electrons. The highest BCUT2D eigenvalue weighted by Gasteiger charge is 2.07. The van der Waals surface area contributed by atoms with Crippen molar-refractivity contribution in [1.82, 2.24) is 4.98 Å². The van der Waals surface area contributed by atoms with Crippen LogP contribution in [0.4, 0.5) is 0 Å². The second kappa shape index (κ2) is 7.13. The largest absolute Gasteiger partial charge is 0.488 e. The van der Waals surface area contributed by atoms with E-state index in [9.17, 15) is 4.79 Å². The second-order valence-electron chi connectivity index (χ2n) is 5.67. The van der Waals surface area contributed by atoms with Crippen LogP contribution < -0.4 is 4.74 Å². The van der Waals surface area contributed by atoms with E-state index >= 15 is 0 Å². The van der Waals surface area contributed by atoms with Crippen LogP contribution in [0.25, 0.3) is 10.9 Å². The molecule has 0 aliphatic carbocycles. The summed E-state index contributed by atoms with van der Waals surface area (Å²) in [6.45, 7) is 2.51. The summed E-state index contributed by atoms with van der Waals surface area (Å²) in [5.74, 6) is -0.113. The van der Waals surface area contributed by atoms with Gasteiger partial charge in [0, 0.05) is 17.1 Å². The summed E-state index contributed by atoms with van der Waals surface area (Å²) in [5.41, 5.74) is 3.16. The molecule has 1 aromatic heterocycles. The zero-order chi connectivity index (χ0) is 16.9. The maximum atomic E-state index is 10.9. The first-order chi connectivity index (χ1) is 11.7. The fourth-order valence-corrected chi connectivity index (χ4v) is 2.60. The lowest BCUT2D eigenvalue weighted by Crippen LogP contribution is -2.00. The predicted octanol–water partition coefficient (Wildman–Crippen LogP) is 4.46. The van der Waals surface area contributed by atoms with Crippen molar-refractivity contribution in [2.24, 2.45) is 0 Å². The summed E-state index contributed by atoms with van der Waals surface area (Å²) >= 11 is 0. The number of aryl methyl sites for hydroxylation is 1. The van der Waals surface area contributed by atoms with Gasteiger partial charge in [0.15, 0.2) is 0 Å². The van der Waals surface area contributed by atoms with E-state index in [0.717, 1.165) is 40.8 Å². The van der Waals surface area contributed by atoms with Gasteiger partial charge in [0.1, 0.15) is 12.4 Å². The van der Waals surface area contributed by atoms with Crippen LogP contribution in [0.15, 0.2) is 54.6 Å². The molecule has 4 heteroatoms. The number of carboxylic acids is 1. The average Bonchev–Trinajstić information content (AvgIpc) is 2.60. The van der Waals surface area contributed by atoms with E-state index in [0.29, 0.717) is 6.61 Å². The van der Waals surface area contributed by atoms with Gasteiger partial charge in [-0.3, -0.25) is 4.98 Å². The van der Waals surface area contributed by atoms with Gasteiger partial charge in [0.25, 0.3) is 0 Å². The zero-order valence-electron chi connectivity index (χ0n) is 13.5. The van der Waals surface area contributed by atoms with Gasteiger partial charge in [0.2, 0.25) is 0 Å². The molecule has 0 atom stereocenters. The number of fused-ring (bicyclic) bond motifs is 1. The number of aromatic nitrogens is 1. The number of ether oxygens (including phenoxy) is 1. The molecular formula is C20H19NO3. The Bertz CT molecular complexity index is 856. The minimum Gasteiger partial charge on any atom is -0.488 e. The van der Waals surface area contributed by atoms with Crippen molar-refractivity contribution in [3.05, 3.63) is 71.4 Å². The molecule has 0 saturated carbocycles. The topological polar surface area (TPSA) is 59.4 Å². The van der Waals surface area contributed by atoms with Gasteiger partial charge in [-0.1, -0.05) is 37.6 Å². The van der Waals surface area contributed by atoms with E-state index in [1.54, 1.807) is 24.3 Å². The molecule has 2 aromatic carbocycles. The Morgan fingerprint density at radius 1 is 1.12 bits per heavy atom. The molecule has 0 fully saturated rings. The Morgan fingerprint density at radius 2 is 1.88 bits per heavy atom. The van der Waals surface area contributed by atoms with Crippen molar-refractivity contribution in [3.63, 3.8) is 0 Å². The number of carbonyl (C=O) groups is 1. The highest BCUT2D eigenvalue weighted by molar-refractivity contribution is 5.87. The highest BCUT2D eigenvalue weighted by atomic mass is 16.5. The minimum absolute atomic E-state index is 0.276. The van der Waals surface area contributed by atoms with Crippen molar-refractivity contribution >= 4 is 16.9 Å². The summed E-state index contributed by atoms with van der Waals surface area (Å²) in [7, 11) is 0. The van der Waals surface area contributed by atoms with Gasteiger partial charge < -0.3 is 9.84 Å². The molecule has 122 valence electrons. The van der Waals surface area contributed by atoms with Crippen molar-refractivity contribution < 1.29 is 14.6 Å². The molecule has 0 aliphatic rings. The quantitative estimate of drug-likeness (QED) is 0.728. The molecule has 0 amide bonds. The molecule has 1 heterocycles. The summed E-state index contributed by atoms with van der Waals surface area (Å²) < 4.78 is 6.01. The number of benzene rings is 2. The van der Waals surface area contributed by atoms with Crippen LogP contribution in [0.5, 0.6) is 5.75 Å². The van der Waals surface area contributed by atoms with E-state index in [-0.39, 0.29) is 5.56 Å². The van der Waals surface area contributed by atoms with Crippen molar-refractivity contribution in [1.29, 1.82) is 0 Å². The fraction of sp³-hybridized carbons (Fsp3) is 0.200. The van der Waals surface area contributed by atoms with Crippen LogP contribution >= 0.6 is 0 Å². The summed E-state index contributed by atoms with van der Waals surface area (Å²) in [6, 6.07) is 16.7. The van der Waals surface area contributed by atoms with Crippen LogP contribution in [0.2, 0.25) is 0 Å². The van der Waals surface area contributed by atoms with Crippen LogP contribution in [0.3, 0.4) is 0 Å². The lowest BCUT2D eigenvalue weighted by molar-refractivity contribution is 0.0697. The van der Waals surface area contributed by atoms with Crippen LogP contribution in [0.1, 0.15) is 35.0 Å². The molecule has 4 nitrogen and oxygen atoms in total. The van der Waals surface area contributed by atoms with Crippen LogP contribution in [-0.4, -0.2) is 16.1 Å². The lowest BCUT2D eigenvalue weighted by Gasteiger charge is -2.11. The summed E-state index contributed by atoms with van der Waals surface area (Å²) in [4.78, 5) is 15.6. The normalized spacial score (nSPS) is 10.7. The number of aromatic carboxylic acids is 1. The maximum absolute atomic E-state index is 10.9. The number of nitrogens with zero attached hydrogens (tertiary/aromatic N) is 1. The first-order valence-corrected chi connectivity index (χ1v) is 8.01. The van der Waals surface area contributed by atoms with Gasteiger partial charge in [-0.2, -0.15) is 0 Å². The van der Waals surface area contributed by atoms with Gasteiger partial charge in [-0.15, -0.1) is 0 Å². The van der Waals surface area contributed by atoms with Gasteiger partial charge in [0.05, 0.1) is 11.1 Å². The predicted molar refractivity (Wildman–Crippen MR) is 93.5 cm³/mol. The standard InChI is InChI=1S/C20H19NO3/c1-2-5-16-12-19(17-6-3-4-7-18(17)21-16)24-13-14-8-10-15(11-9-14)20(22)23/h3-4,6-12H,2,5,13H2,1H3,(H,22,23). The molecule has 1 N–H and O–H groups in total. The number of hydrogen-bond acceptors (Lipinski definition) is 3. The summed E-state index contributed by atoms with van der Waals surface area (Å²) in [6.07, 6.45) is 1.94. The van der Waals surface area contributed by atoms with Crippen molar-refractivity contribution in [2.45, 2.75) is 26.4 Å². The average molecular weight is 321 g/mol. The maximum Gasteiger partial charge on any atom is 0.335 e. The smallest absolute Gasteiger partial charge is 0.335 e. The Balaban J connectivity index is 1.84. The monoisotopic (exact) mass is 321 g/mol.